The molecule has 0 aliphatic carbocycles. The Balaban J connectivity index is 3.57. The second-order valence-electron chi connectivity index (χ2n) is 12.6. The predicted octanol–water partition coefficient (Wildman–Crippen LogP) is 11.5. The Morgan fingerprint density at radius 1 is 0.500 bits per heavy atom. The van der Waals surface area contributed by atoms with Crippen LogP contribution >= 0.6 is 0 Å². The molecule has 0 heterocycles. The number of aliphatic hydroxyl groups is 1. The third kappa shape index (κ3) is 33.3. The molecule has 0 aromatic carbocycles. The molecule has 0 aliphatic heterocycles. The van der Waals surface area contributed by atoms with E-state index in [1.54, 1.807) is 0 Å². The van der Waals surface area contributed by atoms with E-state index in [2.05, 4.69) is 38.2 Å². The van der Waals surface area contributed by atoms with Gasteiger partial charge in [-0.1, -0.05) is 141 Å². The summed E-state index contributed by atoms with van der Waals surface area (Å²) in [7, 11) is 0. The molecule has 0 saturated heterocycles. The average molecular weight is 621 g/mol. The maximum atomic E-state index is 12.1. The number of allylic oxidation sites excluding steroid dienone is 4. The standard InChI is InChI=1S/C39H72O5/c1-3-5-7-9-11-13-15-17-19-21-23-25-27-29-31-33-38(41)43-36-37(35-40)44-39(42)34-32-30-28-26-24-22-20-18-16-14-12-10-8-6-4-2/h15-18,37,40H,3-14,19-36H2,1-2H3/b17-15?,18-16+/t37-/m0/s1. The number of carbonyl (C=O) groups is 2. The van der Waals surface area contributed by atoms with Crippen molar-refractivity contribution in [1.29, 1.82) is 0 Å². The fourth-order valence-corrected chi connectivity index (χ4v) is 5.31. The molecule has 0 aromatic heterocycles. The Bertz CT molecular complexity index is 671. The molecule has 0 aromatic rings. The maximum Gasteiger partial charge on any atom is 0.306 e. The zero-order valence-corrected chi connectivity index (χ0v) is 29.2. The molecule has 0 unspecified atom stereocenters. The van der Waals surface area contributed by atoms with Crippen molar-refractivity contribution in [3.63, 3.8) is 0 Å². The Morgan fingerprint density at radius 2 is 0.841 bits per heavy atom. The van der Waals surface area contributed by atoms with E-state index in [1.165, 1.54) is 128 Å². The summed E-state index contributed by atoms with van der Waals surface area (Å²) in [4.78, 5) is 24.2. The van der Waals surface area contributed by atoms with E-state index in [-0.39, 0.29) is 25.2 Å². The molecular formula is C39H72O5. The Hall–Kier alpha value is -1.62. The Labute approximate surface area is 273 Å². The first-order valence-electron chi connectivity index (χ1n) is 18.9. The highest BCUT2D eigenvalue weighted by Gasteiger charge is 2.16. The summed E-state index contributed by atoms with van der Waals surface area (Å²) in [6.07, 6.45) is 40.9. The average Bonchev–Trinajstić information content (AvgIpc) is 3.02. The number of rotatable bonds is 34. The molecule has 1 atom stereocenters. The first kappa shape index (κ1) is 42.4. The van der Waals surface area contributed by atoms with Crippen LogP contribution in [0.1, 0.15) is 194 Å². The fraction of sp³-hybridized carbons (Fsp3) is 0.846. The van der Waals surface area contributed by atoms with Gasteiger partial charge in [0, 0.05) is 12.8 Å². The van der Waals surface area contributed by atoms with Crippen LogP contribution < -0.4 is 0 Å². The van der Waals surface area contributed by atoms with Crippen molar-refractivity contribution in [1.82, 2.24) is 0 Å². The van der Waals surface area contributed by atoms with Crippen molar-refractivity contribution < 1.29 is 24.2 Å². The second-order valence-corrected chi connectivity index (χ2v) is 12.6. The minimum Gasteiger partial charge on any atom is -0.462 e. The zero-order valence-electron chi connectivity index (χ0n) is 29.2. The minimum absolute atomic E-state index is 0.0688. The van der Waals surface area contributed by atoms with E-state index in [0.717, 1.165) is 38.5 Å². The summed E-state index contributed by atoms with van der Waals surface area (Å²) in [6, 6.07) is 0. The summed E-state index contributed by atoms with van der Waals surface area (Å²) in [5, 5.41) is 9.53. The Kier molecular flexibility index (Phi) is 34.5. The van der Waals surface area contributed by atoms with Crippen molar-refractivity contribution in [3.8, 4) is 0 Å². The van der Waals surface area contributed by atoms with E-state index in [1.807, 2.05) is 0 Å². The summed E-state index contributed by atoms with van der Waals surface area (Å²) >= 11 is 0. The molecule has 0 aliphatic rings. The van der Waals surface area contributed by atoms with Crippen LogP contribution in [-0.4, -0.2) is 36.4 Å². The Morgan fingerprint density at radius 3 is 1.23 bits per heavy atom. The van der Waals surface area contributed by atoms with Gasteiger partial charge in [-0.25, -0.2) is 0 Å². The van der Waals surface area contributed by atoms with Crippen molar-refractivity contribution in [3.05, 3.63) is 24.3 Å². The fourth-order valence-electron chi connectivity index (χ4n) is 5.31. The van der Waals surface area contributed by atoms with Gasteiger partial charge in [-0.3, -0.25) is 9.59 Å². The highest BCUT2D eigenvalue weighted by molar-refractivity contribution is 5.70. The van der Waals surface area contributed by atoms with Crippen LogP contribution in [0, 0.1) is 0 Å². The molecule has 5 nitrogen and oxygen atoms in total. The van der Waals surface area contributed by atoms with Crippen LogP contribution in [0.3, 0.4) is 0 Å². The molecule has 5 heteroatoms. The molecule has 0 saturated carbocycles. The highest BCUT2D eigenvalue weighted by atomic mass is 16.6. The molecular weight excluding hydrogens is 548 g/mol. The largest absolute Gasteiger partial charge is 0.462 e. The lowest BCUT2D eigenvalue weighted by Crippen LogP contribution is -2.28. The van der Waals surface area contributed by atoms with Gasteiger partial charge in [0.2, 0.25) is 0 Å². The van der Waals surface area contributed by atoms with E-state index in [0.29, 0.717) is 12.8 Å². The summed E-state index contributed by atoms with van der Waals surface area (Å²) in [5.41, 5.74) is 0. The maximum absolute atomic E-state index is 12.1. The molecule has 0 fully saturated rings. The first-order valence-corrected chi connectivity index (χ1v) is 18.9. The van der Waals surface area contributed by atoms with Crippen LogP contribution in [-0.2, 0) is 19.1 Å². The molecule has 0 rings (SSSR count). The normalized spacial score (nSPS) is 12.3. The second kappa shape index (κ2) is 35.9. The van der Waals surface area contributed by atoms with Gasteiger partial charge in [0.25, 0.3) is 0 Å². The van der Waals surface area contributed by atoms with Crippen molar-refractivity contribution in [2.45, 2.75) is 200 Å². The SMILES string of the molecule is CCCCCCCC=CCCCCCCCCC(=O)OC[C@H](CO)OC(=O)CCCCCCCC/C=C/CCCCCCC. The molecule has 0 amide bonds. The summed E-state index contributed by atoms with van der Waals surface area (Å²) in [5.74, 6) is -0.602. The number of esters is 2. The van der Waals surface area contributed by atoms with Gasteiger partial charge in [-0.2, -0.15) is 0 Å². The van der Waals surface area contributed by atoms with Crippen LogP contribution in [0.15, 0.2) is 24.3 Å². The zero-order chi connectivity index (χ0) is 32.2. The number of aliphatic hydroxyl groups excluding tert-OH is 1. The molecule has 0 spiro atoms. The lowest BCUT2D eigenvalue weighted by Gasteiger charge is -2.15. The van der Waals surface area contributed by atoms with Gasteiger partial charge >= 0.3 is 11.9 Å². The lowest BCUT2D eigenvalue weighted by molar-refractivity contribution is -0.161. The van der Waals surface area contributed by atoms with E-state index in [4.69, 9.17) is 9.47 Å². The first-order chi connectivity index (χ1) is 21.6. The van der Waals surface area contributed by atoms with Crippen molar-refractivity contribution in [2.24, 2.45) is 0 Å². The van der Waals surface area contributed by atoms with Gasteiger partial charge in [-0.05, 0) is 64.2 Å². The van der Waals surface area contributed by atoms with E-state index < -0.39 is 6.10 Å². The third-order valence-corrected chi connectivity index (χ3v) is 8.22. The number of ether oxygens (including phenoxy) is 2. The predicted molar refractivity (Wildman–Crippen MR) is 187 cm³/mol. The molecule has 0 radical (unpaired) electrons. The van der Waals surface area contributed by atoms with Gasteiger partial charge in [0.05, 0.1) is 6.61 Å². The van der Waals surface area contributed by atoms with E-state index in [9.17, 15) is 14.7 Å². The molecule has 1 N–H and O–H groups in total. The molecule has 44 heavy (non-hydrogen) atoms. The number of unbranched alkanes of at least 4 members (excludes halogenated alkanes) is 22. The van der Waals surface area contributed by atoms with Gasteiger partial charge in [-0.15, -0.1) is 0 Å². The minimum atomic E-state index is -0.772. The van der Waals surface area contributed by atoms with Crippen molar-refractivity contribution in [2.75, 3.05) is 13.2 Å². The van der Waals surface area contributed by atoms with Gasteiger partial charge in [0.15, 0.2) is 6.10 Å². The van der Waals surface area contributed by atoms with Gasteiger partial charge < -0.3 is 14.6 Å². The smallest absolute Gasteiger partial charge is 0.306 e. The number of carbonyl (C=O) groups excluding carboxylic acids is 2. The van der Waals surface area contributed by atoms with Crippen LogP contribution in [0.4, 0.5) is 0 Å². The molecule has 0 bridgehead atoms. The summed E-state index contributed by atoms with van der Waals surface area (Å²) < 4.78 is 10.6. The van der Waals surface area contributed by atoms with Crippen molar-refractivity contribution >= 4 is 11.9 Å². The highest BCUT2D eigenvalue weighted by Crippen LogP contribution is 2.13. The van der Waals surface area contributed by atoms with Crippen LogP contribution in [0.5, 0.6) is 0 Å². The van der Waals surface area contributed by atoms with Crippen LogP contribution in [0.2, 0.25) is 0 Å². The van der Waals surface area contributed by atoms with Gasteiger partial charge in [0.1, 0.15) is 6.61 Å². The molecule has 258 valence electrons. The quantitative estimate of drug-likeness (QED) is 0.0440. The van der Waals surface area contributed by atoms with Crippen LogP contribution in [0.25, 0.3) is 0 Å². The topological polar surface area (TPSA) is 72.8 Å². The lowest BCUT2D eigenvalue weighted by atomic mass is 10.1. The number of hydrogen-bond donors (Lipinski definition) is 1. The monoisotopic (exact) mass is 621 g/mol. The number of hydrogen-bond acceptors (Lipinski definition) is 5. The van der Waals surface area contributed by atoms with E-state index >= 15 is 0 Å². The summed E-state index contributed by atoms with van der Waals surface area (Å²) in [6.45, 7) is 4.11. The third-order valence-electron chi connectivity index (χ3n) is 8.22.